The molecule has 1 N–H and O–H groups in total. The molecule has 14 heteroatoms. The second kappa shape index (κ2) is 10.2. The van der Waals surface area contributed by atoms with Crippen LogP contribution in [0.15, 0.2) is 71.3 Å². The molecule has 0 unspecified atom stereocenters. The van der Waals surface area contributed by atoms with E-state index in [2.05, 4.69) is 25.4 Å². The van der Waals surface area contributed by atoms with Crippen molar-refractivity contribution in [1.82, 2.24) is 34.9 Å². The highest BCUT2D eigenvalue weighted by Crippen LogP contribution is 2.46. The number of hydrogen-bond acceptors (Lipinski definition) is 8. The Hall–Kier alpha value is -4.10. The topological polar surface area (TPSA) is 101 Å². The Morgan fingerprint density at radius 2 is 2.05 bits per heavy atom. The van der Waals surface area contributed by atoms with Gasteiger partial charge in [-0.2, -0.15) is 13.9 Å². The molecule has 5 heterocycles. The molecule has 0 aliphatic carbocycles. The molecule has 1 fully saturated rings. The van der Waals surface area contributed by atoms with E-state index in [1.807, 2.05) is 10.3 Å². The minimum absolute atomic E-state index is 0.132. The molecule has 2 aliphatic heterocycles. The summed E-state index contributed by atoms with van der Waals surface area (Å²) < 4.78 is 41.5. The van der Waals surface area contributed by atoms with Crippen LogP contribution < -0.4 is 5.32 Å². The number of nitrogens with zero attached hydrogens (tertiary/aromatic N) is 7. The van der Waals surface area contributed by atoms with Crippen LogP contribution in [-0.2, 0) is 0 Å². The van der Waals surface area contributed by atoms with Gasteiger partial charge in [-0.1, -0.05) is 17.7 Å². The van der Waals surface area contributed by atoms with Crippen molar-refractivity contribution in [2.24, 2.45) is 4.99 Å². The lowest BCUT2D eigenvalue weighted by Gasteiger charge is -2.32. The zero-order chi connectivity index (χ0) is 27.1. The number of nitrogens with one attached hydrogen (secondary N) is 1. The number of thiazole rings is 1. The van der Waals surface area contributed by atoms with E-state index in [9.17, 15) is 18.0 Å². The number of halogens is 4. The Morgan fingerprint density at radius 3 is 2.74 bits per heavy atom. The summed E-state index contributed by atoms with van der Waals surface area (Å²) in [7, 11) is 0. The van der Waals surface area contributed by atoms with Crippen LogP contribution in [0.5, 0.6) is 0 Å². The van der Waals surface area contributed by atoms with Crippen LogP contribution in [0.4, 0.5) is 13.2 Å². The molecule has 39 heavy (non-hydrogen) atoms. The third kappa shape index (κ3) is 4.79. The fourth-order valence-electron chi connectivity index (χ4n) is 4.73. The number of hydrogen-bond donors (Lipinski definition) is 1. The van der Waals surface area contributed by atoms with Crippen LogP contribution in [0.25, 0.3) is 5.57 Å². The van der Waals surface area contributed by atoms with Crippen molar-refractivity contribution in [3.05, 3.63) is 99.1 Å². The Balaban J connectivity index is 1.48. The predicted octanol–water partition coefficient (Wildman–Crippen LogP) is 4.73. The Morgan fingerprint density at radius 1 is 1.18 bits per heavy atom. The van der Waals surface area contributed by atoms with Gasteiger partial charge < -0.3 is 10.2 Å². The smallest absolute Gasteiger partial charge is 0.333 e. The monoisotopic (exact) mass is 570 g/mol. The van der Waals surface area contributed by atoms with Gasteiger partial charge in [0.15, 0.2) is 10.8 Å². The fourth-order valence-corrected chi connectivity index (χ4v) is 5.64. The van der Waals surface area contributed by atoms with E-state index in [0.717, 1.165) is 0 Å². The van der Waals surface area contributed by atoms with E-state index >= 15 is 0 Å². The van der Waals surface area contributed by atoms with Crippen LogP contribution in [0.2, 0.25) is 5.02 Å². The summed E-state index contributed by atoms with van der Waals surface area (Å²) in [5.41, 5.74) is 2.15. The summed E-state index contributed by atoms with van der Waals surface area (Å²) in [5.74, 6) is -0.393. The van der Waals surface area contributed by atoms with Crippen molar-refractivity contribution >= 4 is 40.3 Å². The van der Waals surface area contributed by atoms with E-state index in [1.54, 1.807) is 6.20 Å². The number of carbonyl (C=O) groups is 1. The molecule has 1 amide bonds. The Bertz CT molecular complexity index is 1590. The largest absolute Gasteiger partial charge is 0.346 e. The number of aliphatic imine (C=N–C) groups is 1. The van der Waals surface area contributed by atoms with Crippen LogP contribution in [0.1, 0.15) is 45.8 Å². The number of carbonyl (C=O) groups excluding carboxylic acids is 1. The molecular formula is C25H18ClF3N8OS. The highest BCUT2D eigenvalue weighted by atomic mass is 35.5. The summed E-state index contributed by atoms with van der Waals surface area (Å²) in [6, 6.07) is 4.28. The molecule has 3 aromatic heterocycles. The minimum Gasteiger partial charge on any atom is -0.346 e. The number of fused-ring (bicyclic) bond motifs is 1. The number of amidine groups is 1. The number of benzene rings is 1. The fraction of sp³-hybridized carbons (Fsp3) is 0.200. The summed E-state index contributed by atoms with van der Waals surface area (Å²) >= 11 is 7.85. The van der Waals surface area contributed by atoms with Crippen molar-refractivity contribution < 1.29 is 18.0 Å². The number of alkyl halides is 2. The zero-order valence-electron chi connectivity index (χ0n) is 19.9. The van der Waals surface area contributed by atoms with Crippen LogP contribution in [0, 0.1) is 5.82 Å². The molecule has 1 aromatic carbocycles. The van der Waals surface area contributed by atoms with Gasteiger partial charge in [0.1, 0.15) is 17.6 Å². The van der Waals surface area contributed by atoms with Gasteiger partial charge in [0.05, 0.1) is 17.9 Å². The van der Waals surface area contributed by atoms with Gasteiger partial charge in [0, 0.05) is 65.0 Å². The lowest BCUT2D eigenvalue weighted by Crippen LogP contribution is -2.39. The molecule has 9 nitrogen and oxygen atoms in total. The maximum absolute atomic E-state index is 14.0. The SMILES string of the molecule is O=C(N[C@H]1CC2=C(c3ccn(C(F)F)n3)[C@H](c3ccc(F)cc3Cl)N=C(c3nccs3)N2C1)c1cnccn1. The predicted molar refractivity (Wildman–Crippen MR) is 138 cm³/mol. The molecule has 2 atom stereocenters. The Labute approximate surface area is 228 Å². The molecule has 2 aliphatic rings. The number of rotatable bonds is 6. The Kier molecular flexibility index (Phi) is 6.61. The molecule has 4 aromatic rings. The molecule has 0 spiro atoms. The summed E-state index contributed by atoms with van der Waals surface area (Å²) in [4.78, 5) is 32.2. The average Bonchev–Trinajstić information content (AvgIpc) is 3.69. The lowest BCUT2D eigenvalue weighted by molar-refractivity contribution is 0.0564. The van der Waals surface area contributed by atoms with E-state index in [0.29, 0.717) is 45.3 Å². The first-order chi connectivity index (χ1) is 18.9. The molecule has 6 rings (SSSR count). The third-order valence-corrected chi connectivity index (χ3v) is 7.45. The summed E-state index contributed by atoms with van der Waals surface area (Å²) in [5, 5.41) is 9.65. The van der Waals surface area contributed by atoms with Crippen molar-refractivity contribution in [3.63, 3.8) is 0 Å². The van der Waals surface area contributed by atoms with Gasteiger partial charge in [-0.3, -0.25) is 14.8 Å². The van der Waals surface area contributed by atoms with E-state index in [1.165, 1.54) is 60.4 Å². The second-order valence-electron chi connectivity index (χ2n) is 8.75. The van der Waals surface area contributed by atoms with E-state index in [4.69, 9.17) is 16.6 Å². The normalized spacial score (nSPS) is 18.9. The summed E-state index contributed by atoms with van der Waals surface area (Å²) in [6.07, 6.45) is 7.44. The number of amides is 1. The molecular weight excluding hydrogens is 553 g/mol. The molecule has 0 bridgehead atoms. The standard InChI is InChI=1S/C25H18ClF3N8OS/c26-16-9-13(27)1-2-15(16)21-20(17-3-7-37(35-17)25(28)29)19-10-14(33-23(38)18-11-30-4-5-31-18)12-36(19)22(34-21)24-32-6-8-39-24/h1-9,11,14,21,25H,10,12H2,(H,33,38)/t14-,21-/m0/s1. The first-order valence-corrected chi connectivity index (χ1v) is 13.0. The second-order valence-corrected chi connectivity index (χ2v) is 10.1. The molecule has 1 saturated heterocycles. The summed E-state index contributed by atoms with van der Waals surface area (Å²) in [6.45, 7) is -2.50. The van der Waals surface area contributed by atoms with Gasteiger partial charge in [-0.15, -0.1) is 11.3 Å². The van der Waals surface area contributed by atoms with Crippen molar-refractivity contribution in [2.45, 2.75) is 25.1 Å². The van der Waals surface area contributed by atoms with Gasteiger partial charge in [0.25, 0.3) is 5.91 Å². The molecule has 0 saturated carbocycles. The first-order valence-electron chi connectivity index (χ1n) is 11.7. The third-order valence-electron chi connectivity index (χ3n) is 6.36. The van der Waals surface area contributed by atoms with Gasteiger partial charge in [-0.25, -0.2) is 19.0 Å². The number of aromatic nitrogens is 5. The first kappa shape index (κ1) is 25.2. The van der Waals surface area contributed by atoms with Crippen LogP contribution >= 0.6 is 22.9 Å². The van der Waals surface area contributed by atoms with E-state index < -0.39 is 24.3 Å². The van der Waals surface area contributed by atoms with Crippen molar-refractivity contribution in [2.75, 3.05) is 6.54 Å². The van der Waals surface area contributed by atoms with E-state index in [-0.39, 0.29) is 22.5 Å². The molecule has 0 radical (unpaired) electrons. The van der Waals surface area contributed by atoms with Crippen LogP contribution in [-0.4, -0.2) is 54.0 Å². The van der Waals surface area contributed by atoms with Crippen molar-refractivity contribution in [1.29, 1.82) is 0 Å². The zero-order valence-corrected chi connectivity index (χ0v) is 21.5. The van der Waals surface area contributed by atoms with Gasteiger partial charge in [-0.05, 0) is 18.2 Å². The maximum Gasteiger partial charge on any atom is 0.333 e. The highest BCUT2D eigenvalue weighted by Gasteiger charge is 2.41. The lowest BCUT2D eigenvalue weighted by atomic mass is 9.92. The maximum atomic E-state index is 14.0. The highest BCUT2D eigenvalue weighted by molar-refractivity contribution is 7.11. The van der Waals surface area contributed by atoms with Crippen molar-refractivity contribution in [3.8, 4) is 0 Å². The van der Waals surface area contributed by atoms with Gasteiger partial charge >= 0.3 is 6.55 Å². The minimum atomic E-state index is -2.84. The average molecular weight is 571 g/mol. The molecule has 198 valence electrons. The van der Waals surface area contributed by atoms with Crippen LogP contribution in [0.3, 0.4) is 0 Å². The van der Waals surface area contributed by atoms with Gasteiger partial charge in [0.2, 0.25) is 0 Å². The quantitative estimate of drug-likeness (QED) is 0.359.